The first-order valence-electron chi connectivity index (χ1n) is 4.48. The molecule has 1 saturated carbocycles. The normalized spacial score (nSPS) is 18.2. The predicted octanol–water partition coefficient (Wildman–Crippen LogP) is 2.17. The Kier molecular flexibility index (Phi) is 2.16. The Bertz CT molecular complexity index is 377. The van der Waals surface area contributed by atoms with Crippen LogP contribution in [0.5, 0.6) is 5.75 Å². The molecule has 2 nitrogen and oxygen atoms in total. The lowest BCUT2D eigenvalue weighted by Gasteiger charge is -2.16. The van der Waals surface area contributed by atoms with Crippen molar-refractivity contribution in [3.63, 3.8) is 0 Å². The van der Waals surface area contributed by atoms with E-state index in [2.05, 4.69) is 0 Å². The number of phenolic OH excluding ortho intramolecular Hbond substituents is 1. The molecule has 2 rings (SSSR count). The first-order chi connectivity index (χ1) is 6.60. The van der Waals surface area contributed by atoms with Crippen LogP contribution < -0.4 is 5.73 Å². The Hall–Kier alpha value is -0.800. The summed E-state index contributed by atoms with van der Waals surface area (Å²) in [5.74, 6) is -0.982. The Morgan fingerprint density at radius 2 is 2.14 bits per heavy atom. The van der Waals surface area contributed by atoms with Crippen LogP contribution in [0.3, 0.4) is 0 Å². The van der Waals surface area contributed by atoms with Gasteiger partial charge in [-0.25, -0.2) is 4.39 Å². The number of hydrogen-bond donors (Lipinski definition) is 2. The zero-order valence-electron chi connectivity index (χ0n) is 7.56. The molecule has 3 N–H and O–H groups in total. The largest absolute Gasteiger partial charge is 0.505 e. The maximum atomic E-state index is 13.1. The molecule has 0 saturated heterocycles. The highest BCUT2D eigenvalue weighted by Crippen LogP contribution is 2.53. The number of aromatic hydroxyl groups is 1. The van der Waals surface area contributed by atoms with E-state index in [1.54, 1.807) is 0 Å². The van der Waals surface area contributed by atoms with Gasteiger partial charge >= 0.3 is 0 Å². The minimum atomic E-state index is -0.635. The Labute approximate surface area is 86.5 Å². The molecule has 0 atom stereocenters. The van der Waals surface area contributed by atoms with Crippen molar-refractivity contribution in [1.82, 2.24) is 0 Å². The fraction of sp³-hybridized carbons (Fsp3) is 0.400. The van der Waals surface area contributed by atoms with Crippen LogP contribution in [0.15, 0.2) is 12.1 Å². The molecule has 0 spiro atoms. The van der Waals surface area contributed by atoms with E-state index < -0.39 is 5.82 Å². The van der Waals surface area contributed by atoms with Gasteiger partial charge in [0, 0.05) is 22.5 Å². The molecular weight excluding hydrogens is 205 g/mol. The van der Waals surface area contributed by atoms with E-state index in [0.29, 0.717) is 17.1 Å². The second-order valence-corrected chi connectivity index (χ2v) is 4.14. The van der Waals surface area contributed by atoms with E-state index in [9.17, 15) is 9.50 Å². The highest BCUT2D eigenvalue weighted by atomic mass is 35.5. The van der Waals surface area contributed by atoms with Crippen molar-refractivity contribution in [2.45, 2.75) is 18.3 Å². The summed E-state index contributed by atoms with van der Waals surface area (Å²) < 4.78 is 13.1. The van der Waals surface area contributed by atoms with Gasteiger partial charge in [0.15, 0.2) is 11.6 Å². The molecular formula is C10H11ClFNO. The number of benzene rings is 1. The van der Waals surface area contributed by atoms with E-state index in [1.165, 1.54) is 6.07 Å². The Morgan fingerprint density at radius 3 is 2.64 bits per heavy atom. The summed E-state index contributed by atoms with van der Waals surface area (Å²) in [5.41, 5.74) is 5.78. The van der Waals surface area contributed by atoms with Gasteiger partial charge in [-0.3, -0.25) is 0 Å². The molecule has 76 valence electrons. The maximum absolute atomic E-state index is 13.1. The molecule has 14 heavy (non-hydrogen) atoms. The lowest BCUT2D eigenvalue weighted by Crippen LogP contribution is -2.20. The van der Waals surface area contributed by atoms with Gasteiger partial charge in [-0.2, -0.15) is 0 Å². The maximum Gasteiger partial charge on any atom is 0.165 e. The Morgan fingerprint density at radius 1 is 1.50 bits per heavy atom. The summed E-state index contributed by atoms with van der Waals surface area (Å²) in [6, 6.07) is 2.62. The van der Waals surface area contributed by atoms with E-state index in [4.69, 9.17) is 17.3 Å². The van der Waals surface area contributed by atoms with E-state index in [1.807, 2.05) is 0 Å². The zero-order chi connectivity index (χ0) is 10.3. The Balaban J connectivity index is 2.57. The minimum Gasteiger partial charge on any atom is -0.505 e. The second kappa shape index (κ2) is 3.11. The molecule has 0 unspecified atom stereocenters. The molecule has 4 heteroatoms. The van der Waals surface area contributed by atoms with Crippen molar-refractivity contribution >= 4 is 11.6 Å². The molecule has 1 fully saturated rings. The molecule has 0 bridgehead atoms. The highest BCUT2D eigenvalue weighted by Gasteiger charge is 2.46. The highest BCUT2D eigenvalue weighted by molar-refractivity contribution is 6.31. The molecule has 1 aromatic rings. The van der Waals surface area contributed by atoms with Gasteiger partial charge in [-0.15, -0.1) is 0 Å². The summed E-state index contributed by atoms with van der Waals surface area (Å²) >= 11 is 5.92. The standard InChI is InChI=1S/C10H11ClFNO/c11-6-1-2-7(12)9(14)8(6)10(5-13)3-4-10/h1-2,14H,3-5,13H2. The summed E-state index contributed by atoms with van der Waals surface area (Å²) in [5, 5.41) is 9.97. The monoisotopic (exact) mass is 215 g/mol. The van der Waals surface area contributed by atoms with E-state index in [-0.39, 0.29) is 11.2 Å². The van der Waals surface area contributed by atoms with Crippen molar-refractivity contribution < 1.29 is 9.50 Å². The van der Waals surface area contributed by atoms with Crippen LogP contribution >= 0.6 is 11.6 Å². The third-order valence-corrected chi connectivity index (χ3v) is 3.17. The van der Waals surface area contributed by atoms with Crippen molar-refractivity contribution in [2.75, 3.05) is 6.54 Å². The van der Waals surface area contributed by atoms with Crippen molar-refractivity contribution in [2.24, 2.45) is 5.73 Å². The van der Waals surface area contributed by atoms with Gasteiger partial charge in [-0.1, -0.05) is 11.6 Å². The topological polar surface area (TPSA) is 46.2 Å². The van der Waals surface area contributed by atoms with Gasteiger partial charge in [0.1, 0.15) is 0 Å². The van der Waals surface area contributed by atoms with Crippen LogP contribution in [0.2, 0.25) is 5.02 Å². The van der Waals surface area contributed by atoms with Crippen LogP contribution in [0.25, 0.3) is 0 Å². The van der Waals surface area contributed by atoms with Crippen LogP contribution in [-0.2, 0) is 5.41 Å². The van der Waals surface area contributed by atoms with Crippen molar-refractivity contribution in [1.29, 1.82) is 0 Å². The van der Waals surface area contributed by atoms with Crippen LogP contribution in [-0.4, -0.2) is 11.7 Å². The third-order valence-electron chi connectivity index (χ3n) is 2.85. The summed E-state index contributed by atoms with van der Waals surface area (Å²) in [4.78, 5) is 0. The smallest absolute Gasteiger partial charge is 0.165 e. The minimum absolute atomic E-state index is 0.288. The van der Waals surface area contributed by atoms with Crippen LogP contribution in [0.1, 0.15) is 18.4 Å². The summed E-state index contributed by atoms with van der Waals surface area (Å²) in [6.45, 7) is 0.393. The van der Waals surface area contributed by atoms with Gasteiger partial charge in [-0.05, 0) is 25.0 Å². The molecule has 0 radical (unpaired) electrons. The van der Waals surface area contributed by atoms with Crippen molar-refractivity contribution in [3.05, 3.63) is 28.5 Å². The van der Waals surface area contributed by atoms with Crippen LogP contribution in [0.4, 0.5) is 4.39 Å². The molecule has 0 aliphatic heterocycles. The molecule has 0 aromatic heterocycles. The zero-order valence-corrected chi connectivity index (χ0v) is 8.31. The first-order valence-corrected chi connectivity index (χ1v) is 4.86. The van der Waals surface area contributed by atoms with Gasteiger partial charge < -0.3 is 10.8 Å². The van der Waals surface area contributed by atoms with E-state index >= 15 is 0 Å². The number of rotatable bonds is 2. The lowest BCUT2D eigenvalue weighted by atomic mass is 9.95. The number of nitrogens with two attached hydrogens (primary N) is 1. The first kappa shape index (κ1) is 9.74. The molecule has 0 amide bonds. The number of halogens is 2. The molecule has 1 aromatic carbocycles. The van der Waals surface area contributed by atoms with Crippen molar-refractivity contribution in [3.8, 4) is 5.75 Å². The number of phenols is 1. The van der Waals surface area contributed by atoms with E-state index in [0.717, 1.165) is 18.9 Å². The van der Waals surface area contributed by atoms with Crippen LogP contribution in [0, 0.1) is 5.82 Å². The molecule has 0 heterocycles. The quantitative estimate of drug-likeness (QED) is 0.794. The molecule has 1 aliphatic carbocycles. The summed E-state index contributed by atoms with van der Waals surface area (Å²) in [7, 11) is 0. The molecule has 1 aliphatic rings. The number of hydrogen-bond acceptors (Lipinski definition) is 2. The SMILES string of the molecule is NCC1(c2c(Cl)ccc(F)c2O)CC1. The fourth-order valence-corrected chi connectivity index (χ4v) is 2.11. The second-order valence-electron chi connectivity index (χ2n) is 3.74. The van der Waals surface area contributed by atoms with Gasteiger partial charge in [0.25, 0.3) is 0 Å². The fourth-order valence-electron chi connectivity index (χ4n) is 1.75. The summed E-state index contributed by atoms with van der Waals surface area (Å²) in [6.07, 6.45) is 1.72. The lowest BCUT2D eigenvalue weighted by molar-refractivity contribution is 0.418. The predicted molar refractivity (Wildman–Crippen MR) is 53.0 cm³/mol. The average Bonchev–Trinajstić information content (AvgIpc) is 2.93. The van der Waals surface area contributed by atoms with Gasteiger partial charge in [0.2, 0.25) is 0 Å². The third kappa shape index (κ3) is 1.28. The van der Waals surface area contributed by atoms with Gasteiger partial charge in [0.05, 0.1) is 0 Å². The average molecular weight is 216 g/mol.